The lowest BCUT2D eigenvalue weighted by Crippen LogP contribution is -3.12. The van der Waals surface area contributed by atoms with Crippen LogP contribution in [-0.2, 0) is 25.5 Å². The zero-order valence-electron chi connectivity index (χ0n) is 34.6. The van der Waals surface area contributed by atoms with Crippen molar-refractivity contribution >= 4 is 41.4 Å². The Morgan fingerprint density at radius 1 is 1.03 bits per heavy atom. The Morgan fingerprint density at radius 3 is 2.29 bits per heavy atom. The van der Waals surface area contributed by atoms with Crippen molar-refractivity contribution in [1.82, 2.24) is 29.5 Å². The molecule has 2 amide bonds. The van der Waals surface area contributed by atoms with E-state index in [1.54, 1.807) is 12.1 Å². The number of fused-ring (bicyclic) bond motifs is 1. The Labute approximate surface area is 357 Å². The summed E-state index contributed by atoms with van der Waals surface area (Å²) in [5.41, 5.74) is 2.37. The molecular formula is C41H48F7N8O7+. The number of aromatic nitrogens is 3. The number of ether oxygens (including phenoxy) is 2. The van der Waals surface area contributed by atoms with Gasteiger partial charge < -0.3 is 39.9 Å². The zero-order chi connectivity index (χ0) is 46.0. The molecule has 63 heavy (non-hydrogen) atoms. The highest BCUT2D eigenvalue weighted by Crippen LogP contribution is 2.33. The van der Waals surface area contributed by atoms with Crippen LogP contribution in [0.2, 0.25) is 0 Å². The van der Waals surface area contributed by atoms with E-state index in [1.807, 2.05) is 17.9 Å². The molecule has 342 valence electrons. The number of methoxy groups -OCH3 is 1. The quantitative estimate of drug-likeness (QED) is 0.0914. The molecule has 0 radical (unpaired) electrons. The van der Waals surface area contributed by atoms with Gasteiger partial charge >= 0.3 is 18.8 Å². The molecule has 3 fully saturated rings. The first-order chi connectivity index (χ1) is 30.0. The van der Waals surface area contributed by atoms with Gasteiger partial charge in [0.05, 0.1) is 45.2 Å². The van der Waals surface area contributed by atoms with Gasteiger partial charge in [-0.05, 0) is 61.6 Å². The number of carboxylic acid groups (broad SMARTS) is 1. The molecule has 3 aliphatic rings. The molecule has 7 rings (SSSR count). The van der Waals surface area contributed by atoms with Crippen molar-refractivity contribution in [3.05, 3.63) is 71.7 Å². The number of quaternary nitrogens is 1. The number of rotatable bonds is 12. The number of alkyl halides is 5. The number of carbonyl (C=O) groups excluding carboxylic acids is 3. The highest BCUT2D eigenvalue weighted by atomic mass is 19.4. The number of piperidine rings is 1. The van der Waals surface area contributed by atoms with Crippen molar-refractivity contribution in [2.75, 3.05) is 65.3 Å². The van der Waals surface area contributed by atoms with E-state index in [0.717, 1.165) is 62.8 Å². The number of nitrogens with one attached hydrogen (secondary N) is 3. The number of nitrogens with zero attached hydrogens (tertiary/aromatic N) is 5. The van der Waals surface area contributed by atoms with E-state index in [4.69, 9.17) is 9.90 Å². The molecule has 3 aliphatic heterocycles. The minimum Gasteiger partial charge on any atom is -0.483 e. The van der Waals surface area contributed by atoms with Gasteiger partial charge in [0.1, 0.15) is 0 Å². The number of aryl methyl sites for hydroxylation is 1. The van der Waals surface area contributed by atoms with Gasteiger partial charge in [0, 0.05) is 73.8 Å². The lowest BCUT2D eigenvalue weighted by molar-refractivity contribution is -0.886. The fourth-order valence-corrected chi connectivity index (χ4v) is 7.70. The Morgan fingerprint density at radius 2 is 1.73 bits per heavy atom. The largest absolute Gasteiger partial charge is 0.490 e. The van der Waals surface area contributed by atoms with Crippen LogP contribution in [0, 0.1) is 23.5 Å². The summed E-state index contributed by atoms with van der Waals surface area (Å²) in [6.07, 6.45) is 2.42. The first-order valence-electron chi connectivity index (χ1n) is 20.0. The van der Waals surface area contributed by atoms with Crippen LogP contribution >= 0.6 is 0 Å². The first-order valence-corrected chi connectivity index (χ1v) is 20.0. The predicted octanol–water partition coefficient (Wildman–Crippen LogP) is 4.19. The van der Waals surface area contributed by atoms with Crippen molar-refractivity contribution in [3.8, 4) is 17.0 Å². The van der Waals surface area contributed by atoms with Crippen LogP contribution in [0.3, 0.4) is 0 Å². The Bertz CT molecular complexity index is 2230. The molecule has 5 heterocycles. The third kappa shape index (κ3) is 11.7. The van der Waals surface area contributed by atoms with E-state index in [0.29, 0.717) is 68.2 Å². The topological polar surface area (TPSA) is 172 Å². The molecule has 4 aromatic rings. The smallest absolute Gasteiger partial charge is 0.483 e. The van der Waals surface area contributed by atoms with Gasteiger partial charge in [-0.25, -0.2) is 19.2 Å². The van der Waals surface area contributed by atoms with E-state index in [1.165, 1.54) is 27.9 Å². The lowest BCUT2D eigenvalue weighted by atomic mass is 9.91. The van der Waals surface area contributed by atoms with Crippen LogP contribution in [0.15, 0.2) is 48.9 Å². The minimum atomic E-state index is -4.85. The highest BCUT2D eigenvalue weighted by Gasteiger charge is 2.41. The Kier molecular flexibility index (Phi) is 16.3. The molecule has 1 unspecified atom stereocenters. The third-order valence-electron chi connectivity index (χ3n) is 11.0. The summed E-state index contributed by atoms with van der Waals surface area (Å²) >= 11 is 0. The van der Waals surface area contributed by atoms with Crippen LogP contribution in [0.25, 0.3) is 16.9 Å². The summed E-state index contributed by atoms with van der Waals surface area (Å²) in [4.78, 5) is 59.2. The molecule has 15 nitrogen and oxygen atoms in total. The molecule has 0 spiro atoms. The second-order valence-electron chi connectivity index (χ2n) is 15.1. The van der Waals surface area contributed by atoms with Crippen molar-refractivity contribution in [3.63, 3.8) is 0 Å². The van der Waals surface area contributed by atoms with Crippen molar-refractivity contribution in [2.45, 2.75) is 51.4 Å². The minimum absolute atomic E-state index is 0.0621. The zero-order valence-corrected chi connectivity index (χ0v) is 34.6. The van der Waals surface area contributed by atoms with Gasteiger partial charge in [-0.2, -0.15) is 26.3 Å². The summed E-state index contributed by atoms with van der Waals surface area (Å²) in [7, 11) is 2.90. The molecule has 3 saturated heterocycles. The number of amides is 2. The van der Waals surface area contributed by atoms with Crippen LogP contribution in [0.5, 0.6) is 5.75 Å². The molecule has 2 aromatic carbocycles. The average molecular weight is 898 g/mol. The second-order valence-corrected chi connectivity index (χ2v) is 15.1. The summed E-state index contributed by atoms with van der Waals surface area (Å²) < 4.78 is 96.5. The average Bonchev–Trinajstić information content (AvgIpc) is 3.67. The van der Waals surface area contributed by atoms with E-state index in [2.05, 4.69) is 42.0 Å². The first kappa shape index (κ1) is 48.0. The summed E-state index contributed by atoms with van der Waals surface area (Å²) in [5, 5.41) is 13.4. The SMILES string of the molecule is CCc1cc(Nc2nccn3c(-c4ccc(OC(F)F)c(F)c4F)cnc23)ccc1C(=O)N1CCC(C(=O)N2CC[C@H]2C[NH+](C)CC2CNC2)CC1.COC(=O)C(F)(F)F.O=CO. The molecular weight excluding hydrogens is 849 g/mol. The summed E-state index contributed by atoms with van der Waals surface area (Å²) in [6.45, 7) is 4.58. The van der Waals surface area contributed by atoms with Crippen LogP contribution < -0.4 is 20.3 Å². The standard InChI is InChI=1S/C37H42F4N8O3.C3H3F3O2.CH2O2/c1-3-23-16-25(45-33-34-44-19-29(49(34)15-11-43-33)28-6-7-30(52-37(40)41)32(39)31(28)38)4-5-27(23)36(51)47-12-8-24(9-13-47)35(50)48-14-10-26(48)21-46(2)20-22-17-42-18-22;1-8-2(7)3(4,5)6;2-1-3/h4-7,11,15-16,19,22,24,26,37,42H,3,8-10,12-14,17-18,20-21H2,1-2H3,(H,43,45);1H3;1H,(H,2,3)/p+1/t26-;;/m0../s1. The number of halogens is 7. The number of carbonyl (C=O) groups is 4. The maximum atomic E-state index is 14.9. The molecule has 0 bridgehead atoms. The number of esters is 1. The van der Waals surface area contributed by atoms with Gasteiger partial charge in [0.25, 0.3) is 12.4 Å². The summed E-state index contributed by atoms with van der Waals surface area (Å²) in [6, 6.07) is 7.82. The van der Waals surface area contributed by atoms with Gasteiger partial charge in [0.2, 0.25) is 11.7 Å². The lowest BCUT2D eigenvalue weighted by Gasteiger charge is -2.44. The fraction of sp³-hybridized carbons (Fsp3) is 0.463. The maximum absolute atomic E-state index is 14.9. The van der Waals surface area contributed by atoms with Gasteiger partial charge in [-0.15, -0.1) is 0 Å². The normalized spacial score (nSPS) is 17.0. The number of benzene rings is 2. The number of hydrogen-bond acceptors (Lipinski definition) is 10. The molecule has 2 aromatic heterocycles. The summed E-state index contributed by atoms with van der Waals surface area (Å²) in [5.74, 6) is -4.78. The van der Waals surface area contributed by atoms with Crippen molar-refractivity contribution in [1.29, 1.82) is 0 Å². The third-order valence-corrected chi connectivity index (χ3v) is 11.0. The fourth-order valence-electron chi connectivity index (χ4n) is 7.70. The Hall–Kier alpha value is -6.03. The van der Waals surface area contributed by atoms with E-state index in [-0.39, 0.29) is 35.5 Å². The Balaban J connectivity index is 0.000000607. The van der Waals surface area contributed by atoms with E-state index in [9.17, 15) is 45.1 Å². The molecule has 2 atom stereocenters. The van der Waals surface area contributed by atoms with Gasteiger partial charge in [-0.3, -0.25) is 18.8 Å². The number of likely N-dealkylation sites (tertiary alicyclic amines) is 2. The maximum Gasteiger partial charge on any atom is 0.490 e. The van der Waals surface area contributed by atoms with Crippen LogP contribution in [0.1, 0.15) is 42.1 Å². The second kappa shape index (κ2) is 21.4. The molecule has 4 N–H and O–H groups in total. The van der Waals surface area contributed by atoms with Gasteiger partial charge in [-0.1, -0.05) is 6.92 Å². The van der Waals surface area contributed by atoms with Gasteiger partial charge in [0.15, 0.2) is 23.0 Å². The number of likely N-dealkylation sites (N-methyl/N-ethyl adjacent to an activating group) is 1. The number of anilines is 2. The van der Waals surface area contributed by atoms with Crippen molar-refractivity contribution < 1.29 is 69.4 Å². The number of imidazole rings is 1. The van der Waals surface area contributed by atoms with Crippen molar-refractivity contribution in [2.24, 2.45) is 11.8 Å². The highest BCUT2D eigenvalue weighted by molar-refractivity contribution is 5.96. The van der Waals surface area contributed by atoms with E-state index < -0.39 is 36.1 Å². The monoisotopic (exact) mass is 897 g/mol. The molecule has 22 heteroatoms. The van der Waals surface area contributed by atoms with Crippen LogP contribution in [-0.4, -0.2) is 132 Å². The van der Waals surface area contributed by atoms with E-state index >= 15 is 0 Å². The molecule has 0 saturated carbocycles. The number of hydrogen-bond donors (Lipinski definition) is 4. The predicted molar refractivity (Wildman–Crippen MR) is 213 cm³/mol. The van der Waals surface area contributed by atoms with Crippen LogP contribution in [0.4, 0.5) is 42.2 Å². The molecule has 0 aliphatic carbocycles.